The van der Waals surface area contributed by atoms with Gasteiger partial charge in [0.1, 0.15) is 0 Å². The summed E-state index contributed by atoms with van der Waals surface area (Å²) in [7, 11) is 0. The summed E-state index contributed by atoms with van der Waals surface area (Å²) in [6, 6.07) is 0.303. The SMILES string of the molecule is CC(C)CC(N)CNCC(C)C(C)(C)C. The molecule has 2 heteroatoms. The zero-order valence-electron chi connectivity index (χ0n) is 11.4. The van der Waals surface area contributed by atoms with Crippen molar-refractivity contribution < 1.29 is 0 Å². The van der Waals surface area contributed by atoms with E-state index >= 15 is 0 Å². The van der Waals surface area contributed by atoms with Crippen molar-refractivity contribution in [3.8, 4) is 0 Å². The number of nitrogens with two attached hydrogens (primary N) is 1. The third-order valence-electron chi connectivity index (χ3n) is 3.11. The molecule has 0 saturated carbocycles. The van der Waals surface area contributed by atoms with Gasteiger partial charge in [0.05, 0.1) is 0 Å². The van der Waals surface area contributed by atoms with E-state index < -0.39 is 0 Å². The summed E-state index contributed by atoms with van der Waals surface area (Å²) >= 11 is 0. The fourth-order valence-electron chi connectivity index (χ4n) is 1.48. The van der Waals surface area contributed by atoms with Gasteiger partial charge in [-0.1, -0.05) is 41.5 Å². The van der Waals surface area contributed by atoms with Crippen LogP contribution in [0.1, 0.15) is 48.0 Å². The zero-order valence-corrected chi connectivity index (χ0v) is 11.4. The highest BCUT2D eigenvalue weighted by Crippen LogP contribution is 2.24. The summed E-state index contributed by atoms with van der Waals surface area (Å²) in [5.74, 6) is 1.38. The number of hydrogen-bond acceptors (Lipinski definition) is 2. The molecule has 92 valence electrons. The molecule has 0 amide bonds. The Bertz CT molecular complexity index is 158. The van der Waals surface area contributed by atoms with Gasteiger partial charge in [0.15, 0.2) is 0 Å². The molecule has 0 heterocycles. The summed E-state index contributed by atoms with van der Waals surface area (Å²) in [5.41, 5.74) is 6.39. The van der Waals surface area contributed by atoms with Gasteiger partial charge < -0.3 is 11.1 Å². The van der Waals surface area contributed by atoms with Gasteiger partial charge in [0.25, 0.3) is 0 Å². The second-order valence-corrected chi connectivity index (χ2v) is 6.31. The maximum Gasteiger partial charge on any atom is 0.0167 e. The van der Waals surface area contributed by atoms with Crippen LogP contribution in [0.5, 0.6) is 0 Å². The average Bonchev–Trinajstić information content (AvgIpc) is 2.00. The first-order chi connectivity index (χ1) is 6.73. The van der Waals surface area contributed by atoms with Gasteiger partial charge in [-0.3, -0.25) is 0 Å². The van der Waals surface area contributed by atoms with Crippen LogP contribution in [0.15, 0.2) is 0 Å². The average molecular weight is 214 g/mol. The number of rotatable bonds is 6. The molecule has 0 aromatic heterocycles. The third kappa shape index (κ3) is 7.80. The molecule has 0 aliphatic carbocycles. The highest BCUT2D eigenvalue weighted by atomic mass is 14.9. The molecule has 15 heavy (non-hydrogen) atoms. The van der Waals surface area contributed by atoms with Gasteiger partial charge in [-0.15, -0.1) is 0 Å². The summed E-state index contributed by atoms with van der Waals surface area (Å²) in [5, 5.41) is 3.47. The van der Waals surface area contributed by atoms with Gasteiger partial charge >= 0.3 is 0 Å². The lowest BCUT2D eigenvalue weighted by Crippen LogP contribution is -2.38. The molecule has 0 radical (unpaired) electrons. The first kappa shape index (κ1) is 14.9. The Labute approximate surface area is 96.0 Å². The molecule has 3 N–H and O–H groups in total. The van der Waals surface area contributed by atoms with Crippen LogP contribution in [0, 0.1) is 17.3 Å². The number of hydrogen-bond donors (Lipinski definition) is 2. The molecule has 0 rings (SSSR count). The topological polar surface area (TPSA) is 38.0 Å². The largest absolute Gasteiger partial charge is 0.327 e. The minimum absolute atomic E-state index is 0.303. The Balaban J connectivity index is 3.62. The quantitative estimate of drug-likeness (QED) is 0.713. The van der Waals surface area contributed by atoms with E-state index in [0.717, 1.165) is 19.5 Å². The molecule has 2 unspecified atom stereocenters. The van der Waals surface area contributed by atoms with Crippen LogP contribution in [-0.2, 0) is 0 Å². The van der Waals surface area contributed by atoms with Crippen molar-refractivity contribution in [1.82, 2.24) is 5.32 Å². The molecule has 0 aliphatic rings. The summed E-state index contributed by atoms with van der Waals surface area (Å²) in [6.07, 6.45) is 1.11. The molecule has 2 atom stereocenters. The van der Waals surface area contributed by atoms with E-state index in [0.29, 0.717) is 23.3 Å². The minimum atomic E-state index is 0.303. The molecular weight excluding hydrogens is 184 g/mol. The van der Waals surface area contributed by atoms with E-state index in [1.807, 2.05) is 0 Å². The van der Waals surface area contributed by atoms with Crippen molar-refractivity contribution in [3.05, 3.63) is 0 Å². The Hall–Kier alpha value is -0.0800. The van der Waals surface area contributed by atoms with E-state index in [4.69, 9.17) is 5.73 Å². The Morgan fingerprint density at radius 3 is 2.00 bits per heavy atom. The van der Waals surface area contributed by atoms with E-state index in [1.54, 1.807) is 0 Å². The predicted octanol–water partition coefficient (Wildman–Crippen LogP) is 2.63. The standard InChI is InChI=1S/C13H30N2/c1-10(2)7-12(14)9-15-8-11(3)13(4,5)6/h10-12,15H,7-9,14H2,1-6H3. The summed E-state index contributed by atoms with van der Waals surface area (Å²) in [6.45, 7) is 15.6. The predicted molar refractivity (Wildman–Crippen MR) is 68.9 cm³/mol. The Morgan fingerprint density at radius 2 is 1.60 bits per heavy atom. The molecule has 0 aliphatic heterocycles. The van der Waals surface area contributed by atoms with E-state index in [9.17, 15) is 0 Å². The Kier molecular flexibility index (Phi) is 6.46. The van der Waals surface area contributed by atoms with Crippen molar-refractivity contribution in [3.63, 3.8) is 0 Å². The van der Waals surface area contributed by atoms with E-state index in [1.165, 1.54) is 0 Å². The van der Waals surface area contributed by atoms with Crippen LogP contribution in [0.4, 0.5) is 0 Å². The van der Waals surface area contributed by atoms with Crippen molar-refractivity contribution in [2.45, 2.75) is 54.0 Å². The Morgan fingerprint density at radius 1 is 1.07 bits per heavy atom. The molecule has 0 aromatic carbocycles. The van der Waals surface area contributed by atoms with Crippen molar-refractivity contribution in [2.24, 2.45) is 23.0 Å². The summed E-state index contributed by atoms with van der Waals surface area (Å²) in [4.78, 5) is 0. The molecule has 0 bridgehead atoms. The van der Waals surface area contributed by atoms with Gasteiger partial charge in [-0.2, -0.15) is 0 Å². The maximum atomic E-state index is 6.01. The minimum Gasteiger partial charge on any atom is -0.327 e. The van der Waals surface area contributed by atoms with Crippen LogP contribution in [0.2, 0.25) is 0 Å². The van der Waals surface area contributed by atoms with Gasteiger partial charge in [-0.25, -0.2) is 0 Å². The lowest BCUT2D eigenvalue weighted by atomic mass is 9.82. The molecule has 0 aromatic rings. The third-order valence-corrected chi connectivity index (χ3v) is 3.11. The van der Waals surface area contributed by atoms with Crippen LogP contribution in [0.25, 0.3) is 0 Å². The van der Waals surface area contributed by atoms with Crippen molar-refractivity contribution in [1.29, 1.82) is 0 Å². The normalized spacial score (nSPS) is 16.8. The van der Waals surface area contributed by atoms with Crippen molar-refractivity contribution >= 4 is 0 Å². The second kappa shape index (κ2) is 6.49. The molecule has 2 nitrogen and oxygen atoms in total. The first-order valence-corrected chi connectivity index (χ1v) is 6.19. The lowest BCUT2D eigenvalue weighted by Gasteiger charge is -2.28. The van der Waals surface area contributed by atoms with Gasteiger partial charge in [0.2, 0.25) is 0 Å². The molecular formula is C13H30N2. The smallest absolute Gasteiger partial charge is 0.0167 e. The summed E-state index contributed by atoms with van der Waals surface area (Å²) < 4.78 is 0. The second-order valence-electron chi connectivity index (χ2n) is 6.31. The fraction of sp³-hybridized carbons (Fsp3) is 1.00. The zero-order chi connectivity index (χ0) is 12.1. The maximum absolute atomic E-state index is 6.01. The van der Waals surface area contributed by atoms with Crippen molar-refractivity contribution in [2.75, 3.05) is 13.1 Å². The lowest BCUT2D eigenvalue weighted by molar-refractivity contribution is 0.251. The molecule has 0 spiro atoms. The van der Waals surface area contributed by atoms with Crippen LogP contribution in [-0.4, -0.2) is 19.1 Å². The fourth-order valence-corrected chi connectivity index (χ4v) is 1.48. The van der Waals surface area contributed by atoms with Gasteiger partial charge in [0, 0.05) is 12.6 Å². The monoisotopic (exact) mass is 214 g/mol. The van der Waals surface area contributed by atoms with Crippen LogP contribution < -0.4 is 11.1 Å². The van der Waals surface area contributed by atoms with Crippen LogP contribution in [0.3, 0.4) is 0 Å². The first-order valence-electron chi connectivity index (χ1n) is 6.19. The molecule has 0 fully saturated rings. The highest BCUT2D eigenvalue weighted by molar-refractivity contribution is 4.74. The number of nitrogens with one attached hydrogen (secondary N) is 1. The van der Waals surface area contributed by atoms with E-state index in [2.05, 4.69) is 46.9 Å². The highest BCUT2D eigenvalue weighted by Gasteiger charge is 2.19. The van der Waals surface area contributed by atoms with Crippen LogP contribution >= 0.6 is 0 Å². The molecule has 0 saturated heterocycles. The van der Waals surface area contributed by atoms with E-state index in [-0.39, 0.29) is 0 Å². The van der Waals surface area contributed by atoms with Gasteiger partial charge in [-0.05, 0) is 30.2 Å².